The van der Waals surface area contributed by atoms with Crippen molar-refractivity contribution < 1.29 is 19.0 Å². The maximum Gasteiger partial charge on any atom is 0.226 e. The monoisotopic (exact) mass is 363 g/mol. The molecule has 1 saturated heterocycles. The highest BCUT2D eigenvalue weighted by Gasteiger charge is 2.22. The number of anilines is 1. The predicted molar refractivity (Wildman–Crippen MR) is 94.2 cm³/mol. The highest BCUT2D eigenvalue weighted by Crippen LogP contribution is 2.32. The number of hydrogen-bond donors (Lipinski definition) is 1. The van der Waals surface area contributed by atoms with Crippen LogP contribution in [0.1, 0.15) is 36.8 Å². The first-order chi connectivity index (χ1) is 12.3. The molecule has 1 N–H and O–H groups in total. The van der Waals surface area contributed by atoms with Gasteiger partial charge in [-0.25, -0.2) is 0 Å². The van der Waals surface area contributed by atoms with Gasteiger partial charge in [-0.2, -0.15) is 0 Å². The summed E-state index contributed by atoms with van der Waals surface area (Å²) in [5, 5.41) is 12.2. The molecule has 0 saturated carbocycles. The molecule has 7 nitrogen and oxygen atoms in total. The van der Waals surface area contributed by atoms with Gasteiger partial charge in [-0.15, -0.1) is 10.2 Å². The first kappa shape index (κ1) is 17.6. The first-order valence-corrected chi connectivity index (χ1v) is 9.08. The number of ether oxygens (including phenoxy) is 3. The van der Waals surface area contributed by atoms with E-state index in [0.717, 1.165) is 24.5 Å². The third-order valence-electron chi connectivity index (χ3n) is 3.77. The number of para-hydroxylation sites is 2. The van der Waals surface area contributed by atoms with Gasteiger partial charge in [-0.3, -0.25) is 4.79 Å². The maximum absolute atomic E-state index is 12.0. The van der Waals surface area contributed by atoms with Gasteiger partial charge in [0.05, 0.1) is 13.7 Å². The van der Waals surface area contributed by atoms with Crippen LogP contribution in [0.4, 0.5) is 5.13 Å². The molecule has 1 amide bonds. The van der Waals surface area contributed by atoms with E-state index < -0.39 is 0 Å². The minimum Gasteiger partial charge on any atom is -0.493 e. The number of aromatic nitrogens is 2. The molecule has 2 heterocycles. The van der Waals surface area contributed by atoms with Crippen LogP contribution in [0, 0.1) is 0 Å². The Morgan fingerprint density at radius 2 is 2.20 bits per heavy atom. The number of amides is 1. The van der Waals surface area contributed by atoms with E-state index in [1.807, 2.05) is 24.3 Å². The zero-order valence-corrected chi connectivity index (χ0v) is 14.9. The number of benzene rings is 1. The Labute approximate surface area is 150 Å². The summed E-state index contributed by atoms with van der Waals surface area (Å²) < 4.78 is 16.4. The third kappa shape index (κ3) is 4.90. The summed E-state index contributed by atoms with van der Waals surface area (Å²) in [7, 11) is 1.60. The molecular weight excluding hydrogens is 342 g/mol. The van der Waals surface area contributed by atoms with Crippen molar-refractivity contribution in [1.29, 1.82) is 0 Å². The van der Waals surface area contributed by atoms with Crippen LogP contribution >= 0.6 is 11.3 Å². The van der Waals surface area contributed by atoms with Gasteiger partial charge in [0.2, 0.25) is 11.0 Å². The number of rotatable bonds is 8. The molecule has 1 fully saturated rings. The van der Waals surface area contributed by atoms with Gasteiger partial charge in [0.15, 0.2) is 11.5 Å². The van der Waals surface area contributed by atoms with Gasteiger partial charge in [-0.05, 0) is 31.4 Å². The number of methoxy groups -OCH3 is 1. The number of carbonyl (C=O) groups is 1. The van der Waals surface area contributed by atoms with Gasteiger partial charge in [0, 0.05) is 13.0 Å². The van der Waals surface area contributed by atoms with Crippen LogP contribution in [0.2, 0.25) is 0 Å². The molecule has 134 valence electrons. The lowest BCUT2D eigenvalue weighted by atomic mass is 10.2. The van der Waals surface area contributed by atoms with Crippen molar-refractivity contribution in [2.24, 2.45) is 0 Å². The third-order valence-corrected chi connectivity index (χ3v) is 4.70. The van der Waals surface area contributed by atoms with Crippen LogP contribution in [-0.4, -0.2) is 36.4 Å². The van der Waals surface area contributed by atoms with Crippen LogP contribution in [0.3, 0.4) is 0 Å². The lowest BCUT2D eigenvalue weighted by molar-refractivity contribution is -0.116. The predicted octanol–water partition coefficient (Wildman–Crippen LogP) is 3.20. The molecule has 25 heavy (non-hydrogen) atoms. The molecule has 0 aliphatic carbocycles. The Morgan fingerprint density at radius 3 is 2.96 bits per heavy atom. The zero-order chi connectivity index (χ0) is 17.5. The summed E-state index contributed by atoms with van der Waals surface area (Å²) in [5.74, 6) is 1.26. The van der Waals surface area contributed by atoms with Gasteiger partial charge in [0.1, 0.15) is 11.1 Å². The molecule has 0 bridgehead atoms. The maximum atomic E-state index is 12.0. The van der Waals surface area contributed by atoms with Crippen molar-refractivity contribution in [2.45, 2.75) is 31.8 Å². The number of carbonyl (C=O) groups excluding carboxylic acids is 1. The average molecular weight is 363 g/mol. The Bertz CT molecular complexity index is 701. The largest absolute Gasteiger partial charge is 0.493 e. The molecule has 1 aliphatic rings. The molecule has 0 spiro atoms. The van der Waals surface area contributed by atoms with Crippen molar-refractivity contribution >= 4 is 22.4 Å². The second kappa shape index (κ2) is 8.77. The summed E-state index contributed by atoms with van der Waals surface area (Å²) in [6.45, 7) is 1.20. The molecule has 8 heteroatoms. The van der Waals surface area contributed by atoms with Crippen molar-refractivity contribution in [1.82, 2.24) is 10.2 Å². The average Bonchev–Trinajstić information content (AvgIpc) is 3.30. The molecule has 0 radical (unpaired) electrons. The Balaban J connectivity index is 1.39. The molecule has 2 aromatic rings. The summed E-state index contributed by atoms with van der Waals surface area (Å²) in [5.41, 5.74) is 0. The normalized spacial score (nSPS) is 16.6. The lowest BCUT2D eigenvalue weighted by Gasteiger charge is -2.09. The summed E-state index contributed by atoms with van der Waals surface area (Å²) in [6.07, 6.45) is 2.98. The smallest absolute Gasteiger partial charge is 0.226 e. The van der Waals surface area contributed by atoms with E-state index in [1.165, 1.54) is 11.3 Å². The van der Waals surface area contributed by atoms with Gasteiger partial charge < -0.3 is 19.5 Å². The van der Waals surface area contributed by atoms with E-state index >= 15 is 0 Å². The van der Waals surface area contributed by atoms with Crippen molar-refractivity contribution in [3.05, 3.63) is 29.3 Å². The highest BCUT2D eigenvalue weighted by molar-refractivity contribution is 7.15. The number of nitrogens with one attached hydrogen (secondary N) is 1. The molecular formula is C17H21N3O4S. The molecule has 1 aromatic carbocycles. The van der Waals surface area contributed by atoms with Crippen molar-refractivity contribution in [2.75, 3.05) is 25.6 Å². The van der Waals surface area contributed by atoms with Crippen LogP contribution in [-0.2, 0) is 9.53 Å². The van der Waals surface area contributed by atoms with E-state index in [1.54, 1.807) is 7.11 Å². The topological polar surface area (TPSA) is 82.6 Å². The minimum absolute atomic E-state index is 0.0254. The Hall–Kier alpha value is -2.19. The van der Waals surface area contributed by atoms with E-state index in [4.69, 9.17) is 14.2 Å². The minimum atomic E-state index is -0.0985. The summed E-state index contributed by atoms with van der Waals surface area (Å²) in [6, 6.07) is 7.44. The van der Waals surface area contributed by atoms with E-state index in [-0.39, 0.29) is 12.0 Å². The van der Waals surface area contributed by atoms with Gasteiger partial charge >= 0.3 is 0 Å². The fraction of sp³-hybridized carbons (Fsp3) is 0.471. The summed E-state index contributed by atoms with van der Waals surface area (Å²) >= 11 is 1.37. The zero-order valence-electron chi connectivity index (χ0n) is 14.1. The van der Waals surface area contributed by atoms with E-state index in [9.17, 15) is 4.79 Å². The van der Waals surface area contributed by atoms with Crippen LogP contribution < -0.4 is 14.8 Å². The standard InChI is InChI=1S/C17H21N3O4S/c1-22-12-6-2-3-7-13(12)23-11-5-9-15(21)18-17-20-19-16(25-17)14-8-4-10-24-14/h2-3,6-7,14H,4-5,8-11H2,1H3,(H,18,20,21)/t14-/m0/s1. The van der Waals surface area contributed by atoms with E-state index in [0.29, 0.717) is 36.1 Å². The van der Waals surface area contributed by atoms with Gasteiger partial charge in [0.25, 0.3) is 0 Å². The Kier molecular flexibility index (Phi) is 6.19. The van der Waals surface area contributed by atoms with Crippen molar-refractivity contribution in [3.63, 3.8) is 0 Å². The molecule has 1 atom stereocenters. The second-order valence-corrected chi connectivity index (χ2v) is 6.61. The Morgan fingerprint density at radius 1 is 1.36 bits per heavy atom. The SMILES string of the molecule is COc1ccccc1OCCCC(=O)Nc1nnc([C@@H]2CCCO2)s1. The summed E-state index contributed by atoms with van der Waals surface area (Å²) in [4.78, 5) is 12.0. The fourth-order valence-corrected chi connectivity index (χ4v) is 3.37. The fourth-order valence-electron chi connectivity index (χ4n) is 2.52. The molecule has 1 aromatic heterocycles. The highest BCUT2D eigenvalue weighted by atomic mass is 32.1. The molecule has 0 unspecified atom stereocenters. The lowest BCUT2D eigenvalue weighted by Crippen LogP contribution is -2.12. The van der Waals surface area contributed by atoms with Crippen LogP contribution in [0.5, 0.6) is 11.5 Å². The quantitative estimate of drug-likeness (QED) is 0.725. The molecule has 1 aliphatic heterocycles. The number of hydrogen-bond acceptors (Lipinski definition) is 7. The second-order valence-electron chi connectivity index (χ2n) is 5.60. The molecule has 3 rings (SSSR count). The van der Waals surface area contributed by atoms with Crippen LogP contribution in [0.25, 0.3) is 0 Å². The van der Waals surface area contributed by atoms with E-state index in [2.05, 4.69) is 15.5 Å². The van der Waals surface area contributed by atoms with Crippen LogP contribution in [0.15, 0.2) is 24.3 Å². The van der Waals surface area contributed by atoms with Gasteiger partial charge in [-0.1, -0.05) is 23.5 Å². The number of nitrogens with zero attached hydrogens (tertiary/aromatic N) is 2. The first-order valence-electron chi connectivity index (χ1n) is 8.27. The van der Waals surface area contributed by atoms with Crippen molar-refractivity contribution in [3.8, 4) is 11.5 Å².